The predicted molar refractivity (Wildman–Crippen MR) is 96.3 cm³/mol. The Balaban J connectivity index is 1.70. The molecule has 3 rings (SSSR count). The lowest BCUT2D eigenvalue weighted by atomic mass is 9.86. The topological polar surface area (TPSA) is 84.9 Å². The average molecular weight is 361 g/mol. The molecule has 0 atom stereocenters. The molecule has 0 aromatic heterocycles. The summed E-state index contributed by atoms with van der Waals surface area (Å²) in [5.74, 6) is 0.353. The highest BCUT2D eigenvalue weighted by molar-refractivity contribution is 5.98. The molecule has 6 heteroatoms. The Kier molecular flexibility index (Phi) is 6.14. The summed E-state index contributed by atoms with van der Waals surface area (Å²) in [6, 6.07) is 4.89. The molecule has 6 nitrogen and oxygen atoms in total. The van der Waals surface area contributed by atoms with Gasteiger partial charge in [-0.25, -0.2) is 4.79 Å². The first-order valence-corrected chi connectivity index (χ1v) is 9.40. The van der Waals surface area contributed by atoms with Crippen molar-refractivity contribution < 1.29 is 24.2 Å². The van der Waals surface area contributed by atoms with Gasteiger partial charge in [0.1, 0.15) is 5.75 Å². The van der Waals surface area contributed by atoms with E-state index in [1.165, 1.54) is 19.6 Å². The monoisotopic (exact) mass is 361 g/mol. The number of rotatable bonds is 6. The maximum atomic E-state index is 12.6. The standard InChI is InChI=1S/C20H27NO5/c1-25-20(24)15-9-14(10-18(11-15)26-12-13-3-2-4-13)19(23)21-16-5-7-17(22)8-6-16/h9-11,13,16-17,22H,2-8,12H2,1H3,(H,21,23). The first kappa shape index (κ1) is 18.7. The Bertz CT molecular complexity index is 648. The van der Waals surface area contributed by atoms with Crippen LogP contribution in [0.4, 0.5) is 0 Å². The molecule has 1 amide bonds. The minimum absolute atomic E-state index is 0.0482. The second kappa shape index (κ2) is 8.54. The molecule has 0 radical (unpaired) electrons. The number of aliphatic hydroxyl groups excluding tert-OH is 1. The fourth-order valence-corrected chi connectivity index (χ4v) is 3.41. The second-order valence-corrected chi connectivity index (χ2v) is 7.32. The maximum Gasteiger partial charge on any atom is 0.338 e. The average Bonchev–Trinajstić information content (AvgIpc) is 2.61. The molecular weight excluding hydrogens is 334 g/mol. The van der Waals surface area contributed by atoms with Gasteiger partial charge in [-0.05, 0) is 62.6 Å². The molecule has 0 bridgehead atoms. The van der Waals surface area contributed by atoms with Gasteiger partial charge in [0, 0.05) is 11.6 Å². The number of ether oxygens (including phenoxy) is 2. The second-order valence-electron chi connectivity index (χ2n) is 7.32. The largest absolute Gasteiger partial charge is 0.493 e. The lowest BCUT2D eigenvalue weighted by Crippen LogP contribution is -2.38. The van der Waals surface area contributed by atoms with E-state index >= 15 is 0 Å². The lowest BCUT2D eigenvalue weighted by molar-refractivity contribution is 0.0600. The third kappa shape index (κ3) is 4.75. The van der Waals surface area contributed by atoms with Crippen LogP contribution >= 0.6 is 0 Å². The van der Waals surface area contributed by atoms with Crippen LogP contribution in [0.3, 0.4) is 0 Å². The first-order valence-electron chi connectivity index (χ1n) is 9.40. The Morgan fingerprint density at radius 2 is 1.77 bits per heavy atom. The number of hydrogen-bond acceptors (Lipinski definition) is 5. The minimum atomic E-state index is -0.492. The van der Waals surface area contributed by atoms with Crippen molar-refractivity contribution in [2.75, 3.05) is 13.7 Å². The van der Waals surface area contributed by atoms with Crippen molar-refractivity contribution >= 4 is 11.9 Å². The van der Waals surface area contributed by atoms with Crippen molar-refractivity contribution in [3.8, 4) is 5.75 Å². The molecule has 0 saturated heterocycles. The molecule has 0 unspecified atom stereocenters. The number of methoxy groups -OCH3 is 1. The Hall–Kier alpha value is -2.08. The van der Waals surface area contributed by atoms with Crippen molar-refractivity contribution in [2.24, 2.45) is 5.92 Å². The molecule has 142 valence electrons. The molecule has 2 aliphatic rings. The number of nitrogens with one attached hydrogen (secondary N) is 1. The van der Waals surface area contributed by atoms with Crippen LogP contribution in [0.15, 0.2) is 18.2 Å². The van der Waals surface area contributed by atoms with Gasteiger partial charge in [0.2, 0.25) is 0 Å². The number of aliphatic hydroxyl groups is 1. The SMILES string of the molecule is COC(=O)c1cc(OCC2CCC2)cc(C(=O)NC2CCC(O)CC2)c1. The zero-order valence-electron chi connectivity index (χ0n) is 15.2. The number of amides is 1. The molecule has 0 aliphatic heterocycles. The molecule has 1 aromatic rings. The lowest BCUT2D eigenvalue weighted by Gasteiger charge is -2.26. The number of carbonyl (C=O) groups excluding carboxylic acids is 2. The van der Waals surface area contributed by atoms with E-state index in [9.17, 15) is 14.7 Å². The highest BCUT2D eigenvalue weighted by atomic mass is 16.5. The van der Waals surface area contributed by atoms with Crippen LogP contribution in [0.1, 0.15) is 65.7 Å². The minimum Gasteiger partial charge on any atom is -0.493 e. The normalized spacial score (nSPS) is 23.0. The van der Waals surface area contributed by atoms with Crippen LogP contribution in [-0.2, 0) is 4.74 Å². The zero-order valence-corrected chi connectivity index (χ0v) is 15.2. The Morgan fingerprint density at radius 3 is 2.38 bits per heavy atom. The fraction of sp³-hybridized carbons (Fsp3) is 0.600. The van der Waals surface area contributed by atoms with Gasteiger partial charge in [0.15, 0.2) is 0 Å². The molecule has 26 heavy (non-hydrogen) atoms. The first-order chi connectivity index (χ1) is 12.5. The Labute approximate surface area is 153 Å². The van der Waals surface area contributed by atoms with Crippen LogP contribution in [-0.4, -0.2) is 42.8 Å². The summed E-state index contributed by atoms with van der Waals surface area (Å²) in [6.07, 6.45) is 6.21. The van der Waals surface area contributed by atoms with Crippen molar-refractivity contribution in [1.29, 1.82) is 0 Å². The molecule has 2 saturated carbocycles. The van der Waals surface area contributed by atoms with E-state index in [0.717, 1.165) is 25.7 Å². The van der Waals surface area contributed by atoms with E-state index in [1.54, 1.807) is 12.1 Å². The van der Waals surface area contributed by atoms with Crippen LogP contribution in [0.25, 0.3) is 0 Å². The number of esters is 1. The summed E-state index contributed by atoms with van der Waals surface area (Å²) in [4.78, 5) is 24.6. The molecular formula is C20H27NO5. The molecule has 0 heterocycles. The van der Waals surface area contributed by atoms with Crippen molar-refractivity contribution in [3.63, 3.8) is 0 Å². The molecule has 2 fully saturated rings. The molecule has 0 spiro atoms. The van der Waals surface area contributed by atoms with Gasteiger partial charge in [-0.2, -0.15) is 0 Å². The fourth-order valence-electron chi connectivity index (χ4n) is 3.41. The highest BCUT2D eigenvalue weighted by Gasteiger charge is 2.23. The summed E-state index contributed by atoms with van der Waals surface area (Å²) in [7, 11) is 1.32. The summed E-state index contributed by atoms with van der Waals surface area (Å²) in [5.41, 5.74) is 0.699. The summed E-state index contributed by atoms with van der Waals surface area (Å²) in [6.45, 7) is 0.603. The maximum absolute atomic E-state index is 12.6. The summed E-state index contributed by atoms with van der Waals surface area (Å²) in [5, 5.41) is 12.6. The van der Waals surface area contributed by atoms with Crippen LogP contribution < -0.4 is 10.1 Å². The van der Waals surface area contributed by atoms with E-state index in [1.807, 2.05) is 0 Å². The van der Waals surface area contributed by atoms with Crippen molar-refractivity contribution in [2.45, 2.75) is 57.1 Å². The number of benzene rings is 1. The van der Waals surface area contributed by atoms with Crippen LogP contribution in [0.5, 0.6) is 5.75 Å². The number of carbonyl (C=O) groups is 2. The third-order valence-corrected chi connectivity index (χ3v) is 5.33. The van der Waals surface area contributed by atoms with Gasteiger partial charge in [0.25, 0.3) is 5.91 Å². The van der Waals surface area contributed by atoms with Gasteiger partial charge in [0.05, 0.1) is 25.4 Å². The van der Waals surface area contributed by atoms with Crippen molar-refractivity contribution in [1.82, 2.24) is 5.32 Å². The predicted octanol–water partition coefficient (Wildman–Crippen LogP) is 2.69. The van der Waals surface area contributed by atoms with Crippen LogP contribution in [0, 0.1) is 5.92 Å². The third-order valence-electron chi connectivity index (χ3n) is 5.33. The van der Waals surface area contributed by atoms with Gasteiger partial charge in [-0.1, -0.05) is 6.42 Å². The van der Waals surface area contributed by atoms with E-state index < -0.39 is 5.97 Å². The number of hydrogen-bond donors (Lipinski definition) is 2. The van der Waals surface area contributed by atoms with E-state index in [0.29, 0.717) is 42.2 Å². The smallest absolute Gasteiger partial charge is 0.338 e. The van der Waals surface area contributed by atoms with Gasteiger partial charge >= 0.3 is 5.97 Å². The van der Waals surface area contributed by atoms with E-state index in [-0.39, 0.29) is 18.1 Å². The zero-order chi connectivity index (χ0) is 18.5. The molecule has 2 aliphatic carbocycles. The van der Waals surface area contributed by atoms with E-state index in [4.69, 9.17) is 9.47 Å². The van der Waals surface area contributed by atoms with E-state index in [2.05, 4.69) is 5.32 Å². The highest BCUT2D eigenvalue weighted by Crippen LogP contribution is 2.28. The Morgan fingerprint density at radius 1 is 1.08 bits per heavy atom. The van der Waals surface area contributed by atoms with Gasteiger partial charge in [-0.3, -0.25) is 4.79 Å². The van der Waals surface area contributed by atoms with Crippen molar-refractivity contribution in [3.05, 3.63) is 29.3 Å². The summed E-state index contributed by atoms with van der Waals surface area (Å²) < 4.78 is 10.6. The molecule has 1 aromatic carbocycles. The summed E-state index contributed by atoms with van der Waals surface area (Å²) >= 11 is 0. The quantitative estimate of drug-likeness (QED) is 0.761. The van der Waals surface area contributed by atoms with Gasteiger partial charge in [-0.15, -0.1) is 0 Å². The molecule has 2 N–H and O–H groups in total. The van der Waals surface area contributed by atoms with Gasteiger partial charge < -0.3 is 19.9 Å². The van der Waals surface area contributed by atoms with Crippen LogP contribution in [0.2, 0.25) is 0 Å².